The molecule has 1 aliphatic heterocycles. The molecule has 5 nitrogen and oxygen atoms in total. The van der Waals surface area contributed by atoms with Gasteiger partial charge >= 0.3 is 0 Å². The van der Waals surface area contributed by atoms with E-state index >= 15 is 0 Å². The lowest BCUT2D eigenvalue weighted by Crippen LogP contribution is -2.39. The molecule has 6 heteroatoms. The molecule has 2 atom stereocenters. The number of hydrogen-bond acceptors (Lipinski definition) is 3. The van der Waals surface area contributed by atoms with Crippen LogP contribution >= 0.6 is 24.0 Å². The average Bonchev–Trinajstić information content (AvgIpc) is 3.28. The number of nitrogens with one attached hydrogen (secondary N) is 2. The van der Waals surface area contributed by atoms with Crippen molar-refractivity contribution in [3.8, 4) is 0 Å². The molecule has 1 heterocycles. The van der Waals surface area contributed by atoms with Gasteiger partial charge in [-0.25, -0.2) is 0 Å². The zero-order valence-corrected chi connectivity index (χ0v) is 20.4. The summed E-state index contributed by atoms with van der Waals surface area (Å²) < 4.78 is 0. The summed E-state index contributed by atoms with van der Waals surface area (Å²) in [5.74, 6) is 0.735. The van der Waals surface area contributed by atoms with Crippen molar-refractivity contribution >= 4 is 35.6 Å². The first kappa shape index (κ1) is 24.5. The van der Waals surface area contributed by atoms with Crippen molar-refractivity contribution in [2.45, 2.75) is 45.3 Å². The monoisotopic (exact) mass is 522 g/mol. The van der Waals surface area contributed by atoms with Crippen LogP contribution in [0.15, 0.2) is 59.6 Å². The summed E-state index contributed by atoms with van der Waals surface area (Å²) in [6, 6.07) is 18.9. The van der Waals surface area contributed by atoms with Crippen LogP contribution in [0.5, 0.6) is 0 Å². The molecule has 0 spiro atoms. The van der Waals surface area contributed by atoms with Crippen LogP contribution in [0, 0.1) is 0 Å². The van der Waals surface area contributed by atoms with Crippen LogP contribution < -0.4 is 15.5 Å². The standard InChI is InChI=1S/C24H34N4O.HI/c1-3-25-24(26-18-23(29)16-20-10-5-4-6-11-20)27-19(2)21-12-9-13-22(17-21)28-14-7-8-15-28;/h4-6,9-13,17,19,23,29H,3,7-8,14-16,18H2,1-2H3,(H2,25,26,27);1H. The van der Waals surface area contributed by atoms with Crippen LogP contribution in [-0.4, -0.2) is 43.3 Å². The molecule has 0 saturated carbocycles. The lowest BCUT2D eigenvalue weighted by atomic mass is 10.1. The van der Waals surface area contributed by atoms with Crippen molar-refractivity contribution in [1.29, 1.82) is 0 Å². The van der Waals surface area contributed by atoms with Crippen LogP contribution in [0.3, 0.4) is 0 Å². The van der Waals surface area contributed by atoms with Gasteiger partial charge in [-0.3, -0.25) is 4.99 Å². The number of nitrogens with zero attached hydrogens (tertiary/aromatic N) is 2. The maximum atomic E-state index is 10.4. The minimum absolute atomic E-state index is 0. The lowest BCUT2D eigenvalue weighted by Gasteiger charge is -2.22. The van der Waals surface area contributed by atoms with E-state index in [0.717, 1.165) is 31.2 Å². The minimum atomic E-state index is -0.498. The van der Waals surface area contributed by atoms with Gasteiger partial charge in [0.2, 0.25) is 0 Å². The molecule has 1 saturated heterocycles. The van der Waals surface area contributed by atoms with Crippen LogP contribution in [-0.2, 0) is 6.42 Å². The highest BCUT2D eigenvalue weighted by Crippen LogP contribution is 2.23. The number of benzene rings is 2. The van der Waals surface area contributed by atoms with E-state index in [1.54, 1.807) is 0 Å². The Bertz CT molecular complexity index is 778. The van der Waals surface area contributed by atoms with Gasteiger partial charge in [-0.1, -0.05) is 42.5 Å². The molecule has 3 N–H and O–H groups in total. The lowest BCUT2D eigenvalue weighted by molar-refractivity contribution is 0.183. The first-order valence-corrected chi connectivity index (χ1v) is 10.8. The van der Waals surface area contributed by atoms with Gasteiger partial charge in [0.1, 0.15) is 0 Å². The van der Waals surface area contributed by atoms with Gasteiger partial charge in [-0.2, -0.15) is 0 Å². The van der Waals surface area contributed by atoms with Crippen LogP contribution in [0.2, 0.25) is 0 Å². The molecule has 1 fully saturated rings. The van der Waals surface area contributed by atoms with Gasteiger partial charge in [-0.15, -0.1) is 24.0 Å². The predicted octanol–water partition coefficient (Wildman–Crippen LogP) is 4.12. The summed E-state index contributed by atoms with van der Waals surface area (Å²) in [7, 11) is 0. The number of aliphatic hydroxyl groups excluding tert-OH is 1. The van der Waals surface area contributed by atoms with E-state index in [0.29, 0.717) is 13.0 Å². The molecule has 0 bridgehead atoms. The Morgan fingerprint density at radius 1 is 1.10 bits per heavy atom. The maximum absolute atomic E-state index is 10.4. The van der Waals surface area contributed by atoms with E-state index < -0.39 is 6.10 Å². The molecule has 0 aliphatic carbocycles. The predicted molar refractivity (Wildman–Crippen MR) is 137 cm³/mol. The fourth-order valence-corrected chi connectivity index (χ4v) is 3.72. The normalized spacial score (nSPS) is 16.0. The van der Waals surface area contributed by atoms with Crippen LogP contribution in [0.25, 0.3) is 0 Å². The van der Waals surface area contributed by atoms with Gasteiger partial charge < -0.3 is 20.6 Å². The summed E-state index contributed by atoms with van der Waals surface area (Å²) >= 11 is 0. The summed E-state index contributed by atoms with van der Waals surface area (Å²) in [4.78, 5) is 7.06. The van der Waals surface area contributed by atoms with Gasteiger partial charge in [0.25, 0.3) is 0 Å². The van der Waals surface area contributed by atoms with Gasteiger partial charge in [-0.05, 0) is 49.9 Å². The van der Waals surface area contributed by atoms with E-state index in [2.05, 4.69) is 58.6 Å². The first-order chi connectivity index (χ1) is 14.2. The number of aliphatic hydroxyl groups is 1. The van der Waals surface area contributed by atoms with Crippen molar-refractivity contribution in [2.24, 2.45) is 4.99 Å². The highest BCUT2D eigenvalue weighted by molar-refractivity contribution is 14.0. The van der Waals surface area contributed by atoms with E-state index in [1.165, 1.54) is 24.1 Å². The number of anilines is 1. The third kappa shape index (κ3) is 7.47. The zero-order valence-electron chi connectivity index (χ0n) is 18.1. The van der Waals surface area contributed by atoms with Gasteiger partial charge in [0, 0.05) is 31.7 Å². The number of rotatable bonds is 8. The highest BCUT2D eigenvalue weighted by Gasteiger charge is 2.15. The summed E-state index contributed by atoms with van der Waals surface area (Å²) in [6.07, 6.45) is 2.67. The van der Waals surface area contributed by atoms with Gasteiger partial charge in [0.05, 0.1) is 18.7 Å². The van der Waals surface area contributed by atoms with E-state index in [-0.39, 0.29) is 30.0 Å². The molecular formula is C24H35IN4O. The quantitative estimate of drug-likeness (QED) is 0.277. The molecule has 0 aromatic heterocycles. The summed E-state index contributed by atoms with van der Waals surface area (Å²) in [5.41, 5.74) is 3.67. The molecular weight excluding hydrogens is 487 g/mol. The Morgan fingerprint density at radius 2 is 1.83 bits per heavy atom. The Balaban J connectivity index is 0.00000320. The Kier molecular flexibility index (Phi) is 10.4. The fourth-order valence-electron chi connectivity index (χ4n) is 3.72. The van der Waals surface area contributed by atoms with Crippen LogP contribution in [0.4, 0.5) is 5.69 Å². The summed E-state index contributed by atoms with van der Waals surface area (Å²) in [6.45, 7) is 7.64. The van der Waals surface area contributed by atoms with Crippen molar-refractivity contribution < 1.29 is 5.11 Å². The fraction of sp³-hybridized carbons (Fsp3) is 0.458. The Labute approximate surface area is 198 Å². The second-order valence-electron chi connectivity index (χ2n) is 7.72. The topological polar surface area (TPSA) is 59.9 Å². The molecule has 30 heavy (non-hydrogen) atoms. The van der Waals surface area contributed by atoms with Crippen molar-refractivity contribution in [2.75, 3.05) is 31.1 Å². The molecule has 2 aromatic carbocycles. The van der Waals surface area contributed by atoms with E-state index in [1.807, 2.05) is 30.3 Å². The first-order valence-electron chi connectivity index (χ1n) is 10.8. The Morgan fingerprint density at radius 3 is 2.53 bits per heavy atom. The van der Waals surface area contributed by atoms with Crippen molar-refractivity contribution in [1.82, 2.24) is 10.6 Å². The average molecular weight is 522 g/mol. The number of guanidine groups is 1. The SMILES string of the molecule is CCNC(=NCC(O)Cc1ccccc1)NC(C)c1cccc(N2CCCC2)c1.I. The molecule has 2 unspecified atom stereocenters. The molecule has 3 rings (SSSR count). The second kappa shape index (κ2) is 12.8. The van der Waals surface area contributed by atoms with Crippen LogP contribution in [0.1, 0.15) is 43.9 Å². The Hall–Kier alpha value is -1.80. The largest absolute Gasteiger partial charge is 0.391 e. The number of halogens is 1. The number of hydrogen-bond donors (Lipinski definition) is 3. The minimum Gasteiger partial charge on any atom is -0.391 e. The second-order valence-corrected chi connectivity index (χ2v) is 7.72. The highest BCUT2D eigenvalue weighted by atomic mass is 127. The molecule has 2 aromatic rings. The molecule has 164 valence electrons. The molecule has 0 radical (unpaired) electrons. The number of aliphatic imine (C=N–C) groups is 1. The third-order valence-corrected chi connectivity index (χ3v) is 5.31. The smallest absolute Gasteiger partial charge is 0.191 e. The third-order valence-electron chi connectivity index (χ3n) is 5.31. The summed E-state index contributed by atoms with van der Waals surface area (Å²) in [5, 5.41) is 17.1. The van der Waals surface area contributed by atoms with E-state index in [4.69, 9.17) is 0 Å². The van der Waals surface area contributed by atoms with Crippen molar-refractivity contribution in [3.05, 3.63) is 65.7 Å². The molecule has 0 amide bonds. The maximum Gasteiger partial charge on any atom is 0.191 e. The van der Waals surface area contributed by atoms with Gasteiger partial charge in [0.15, 0.2) is 5.96 Å². The van der Waals surface area contributed by atoms with Crippen molar-refractivity contribution in [3.63, 3.8) is 0 Å². The molecule has 1 aliphatic rings. The zero-order chi connectivity index (χ0) is 20.5. The van der Waals surface area contributed by atoms with E-state index in [9.17, 15) is 5.11 Å².